The lowest BCUT2D eigenvalue weighted by Crippen LogP contribution is -2.50. The predicted molar refractivity (Wildman–Crippen MR) is 123 cm³/mol. The molecule has 0 aliphatic carbocycles. The number of nitrogens with zero attached hydrogens (tertiary/aromatic N) is 4. The van der Waals surface area contributed by atoms with E-state index in [1.54, 1.807) is 6.07 Å². The maximum Gasteiger partial charge on any atom is 0.321 e. The van der Waals surface area contributed by atoms with Gasteiger partial charge < -0.3 is 19.6 Å². The van der Waals surface area contributed by atoms with Gasteiger partial charge in [-0.25, -0.2) is 4.79 Å². The number of carbonyl (C=O) groups is 1. The number of urea groups is 1. The summed E-state index contributed by atoms with van der Waals surface area (Å²) in [6.07, 6.45) is 0. The maximum atomic E-state index is 12.6. The van der Waals surface area contributed by atoms with Crippen molar-refractivity contribution in [3.63, 3.8) is 0 Å². The van der Waals surface area contributed by atoms with Crippen LogP contribution in [-0.4, -0.2) is 47.3 Å². The third-order valence-electron chi connectivity index (χ3n) is 5.42. The summed E-state index contributed by atoms with van der Waals surface area (Å²) < 4.78 is 5.29. The first-order valence-electron chi connectivity index (χ1n) is 10.4. The van der Waals surface area contributed by atoms with Crippen molar-refractivity contribution in [2.45, 2.75) is 26.7 Å². The summed E-state index contributed by atoms with van der Waals surface area (Å²) in [5, 5.41) is 7.64. The lowest BCUT2D eigenvalue weighted by Gasteiger charge is -2.36. The lowest BCUT2D eigenvalue weighted by molar-refractivity contribution is 0.208. The third-order valence-corrected chi connectivity index (χ3v) is 5.82. The zero-order valence-electron chi connectivity index (χ0n) is 17.9. The molecule has 2 heterocycles. The van der Waals surface area contributed by atoms with E-state index in [2.05, 4.69) is 32.5 Å². The molecule has 1 aromatic heterocycles. The zero-order valence-corrected chi connectivity index (χ0v) is 18.7. The average Bonchev–Trinajstić information content (AvgIpc) is 3.27. The van der Waals surface area contributed by atoms with Gasteiger partial charge in [0.15, 0.2) is 0 Å². The van der Waals surface area contributed by atoms with Crippen LogP contribution in [0, 0.1) is 6.92 Å². The summed E-state index contributed by atoms with van der Waals surface area (Å²) in [4.78, 5) is 21.1. The van der Waals surface area contributed by atoms with Gasteiger partial charge in [0, 0.05) is 54.1 Å². The molecular weight excluding hydrogens is 414 g/mol. The van der Waals surface area contributed by atoms with Crippen molar-refractivity contribution in [3.05, 3.63) is 58.9 Å². The molecule has 2 aromatic carbocycles. The Bertz CT molecular complexity index is 1060. The fourth-order valence-electron chi connectivity index (χ4n) is 3.45. The number of carbonyl (C=O) groups excluding carboxylic acids is 1. The highest BCUT2D eigenvalue weighted by molar-refractivity contribution is 6.31. The number of hydrogen-bond acceptors (Lipinski definition) is 5. The van der Waals surface area contributed by atoms with Crippen LogP contribution >= 0.6 is 11.6 Å². The molecule has 0 radical (unpaired) electrons. The monoisotopic (exact) mass is 439 g/mol. The number of rotatable bonds is 4. The Labute approximate surface area is 187 Å². The van der Waals surface area contributed by atoms with Crippen LogP contribution in [0.1, 0.15) is 31.2 Å². The van der Waals surface area contributed by atoms with E-state index in [1.807, 2.05) is 49.9 Å². The van der Waals surface area contributed by atoms with E-state index < -0.39 is 0 Å². The first-order chi connectivity index (χ1) is 14.9. The Balaban J connectivity index is 1.33. The number of aryl methyl sites for hydroxylation is 1. The summed E-state index contributed by atoms with van der Waals surface area (Å²) in [6.45, 7) is 8.81. The molecule has 0 unspecified atom stereocenters. The van der Waals surface area contributed by atoms with Crippen molar-refractivity contribution >= 4 is 29.0 Å². The standard InChI is InChI=1S/C23H26ClN5O2/c1-15(2)22-26-21(27-31-22)17-5-8-19(9-6-17)28-10-12-29(13-11-28)23(30)25-18-7-4-16(3)20(24)14-18/h4-9,14-15H,10-13H2,1-3H3,(H,25,30). The van der Waals surface area contributed by atoms with Gasteiger partial charge >= 0.3 is 6.03 Å². The van der Waals surface area contributed by atoms with E-state index in [0.29, 0.717) is 35.5 Å². The van der Waals surface area contributed by atoms with Crippen LogP contribution in [0.15, 0.2) is 47.0 Å². The molecule has 0 bridgehead atoms. The molecule has 1 aliphatic rings. The number of nitrogens with one attached hydrogen (secondary N) is 1. The highest BCUT2D eigenvalue weighted by Gasteiger charge is 2.22. The fraction of sp³-hybridized carbons (Fsp3) is 0.348. The highest BCUT2D eigenvalue weighted by atomic mass is 35.5. The SMILES string of the molecule is Cc1ccc(NC(=O)N2CCN(c3ccc(-c4noc(C(C)C)n4)cc3)CC2)cc1Cl. The molecule has 1 fully saturated rings. The van der Waals surface area contributed by atoms with Crippen molar-refractivity contribution in [1.29, 1.82) is 0 Å². The minimum Gasteiger partial charge on any atom is -0.368 e. The fourth-order valence-corrected chi connectivity index (χ4v) is 3.63. The predicted octanol–water partition coefficient (Wildman–Crippen LogP) is 5.18. The second-order valence-electron chi connectivity index (χ2n) is 8.03. The van der Waals surface area contributed by atoms with Gasteiger partial charge in [0.2, 0.25) is 11.7 Å². The lowest BCUT2D eigenvalue weighted by atomic mass is 10.1. The van der Waals surface area contributed by atoms with Crippen molar-refractivity contribution in [1.82, 2.24) is 15.0 Å². The van der Waals surface area contributed by atoms with Gasteiger partial charge in [-0.2, -0.15) is 4.98 Å². The van der Waals surface area contributed by atoms with E-state index in [4.69, 9.17) is 16.1 Å². The minimum atomic E-state index is -0.104. The topological polar surface area (TPSA) is 74.5 Å². The van der Waals surface area contributed by atoms with Crippen LogP contribution in [0.2, 0.25) is 5.02 Å². The Morgan fingerprint density at radius 2 is 1.81 bits per heavy atom. The Kier molecular flexibility index (Phi) is 6.13. The Hall–Kier alpha value is -3.06. The smallest absolute Gasteiger partial charge is 0.321 e. The summed E-state index contributed by atoms with van der Waals surface area (Å²) in [6, 6.07) is 13.6. The molecule has 3 aromatic rings. The number of benzene rings is 2. The number of amides is 2. The van der Waals surface area contributed by atoms with Crippen LogP contribution < -0.4 is 10.2 Å². The van der Waals surface area contributed by atoms with Gasteiger partial charge in [0.1, 0.15) is 0 Å². The zero-order chi connectivity index (χ0) is 22.0. The molecule has 4 rings (SSSR count). The maximum absolute atomic E-state index is 12.6. The molecule has 0 atom stereocenters. The summed E-state index contributed by atoms with van der Waals surface area (Å²) in [7, 11) is 0. The van der Waals surface area contributed by atoms with E-state index in [-0.39, 0.29) is 11.9 Å². The first-order valence-corrected chi connectivity index (χ1v) is 10.8. The summed E-state index contributed by atoms with van der Waals surface area (Å²) in [5.74, 6) is 1.45. The molecule has 2 amide bonds. The molecule has 8 heteroatoms. The summed E-state index contributed by atoms with van der Waals surface area (Å²) in [5.41, 5.74) is 3.73. The van der Waals surface area contributed by atoms with E-state index in [1.165, 1.54) is 0 Å². The Morgan fingerprint density at radius 3 is 2.42 bits per heavy atom. The van der Waals surface area contributed by atoms with Crippen LogP contribution in [0.25, 0.3) is 11.4 Å². The molecule has 0 spiro atoms. The molecule has 1 aliphatic heterocycles. The van der Waals surface area contributed by atoms with Crippen molar-refractivity contribution in [2.75, 3.05) is 36.4 Å². The molecule has 162 valence electrons. The van der Waals surface area contributed by atoms with Crippen molar-refractivity contribution < 1.29 is 9.32 Å². The first kappa shape index (κ1) is 21.2. The van der Waals surface area contributed by atoms with E-state index in [0.717, 1.165) is 29.9 Å². The number of anilines is 2. The van der Waals surface area contributed by atoms with Gasteiger partial charge in [-0.05, 0) is 48.9 Å². The van der Waals surface area contributed by atoms with Crippen LogP contribution in [0.3, 0.4) is 0 Å². The van der Waals surface area contributed by atoms with Gasteiger partial charge in [0.25, 0.3) is 0 Å². The molecule has 1 N–H and O–H groups in total. The van der Waals surface area contributed by atoms with Crippen LogP contribution in [0.5, 0.6) is 0 Å². The minimum absolute atomic E-state index is 0.104. The van der Waals surface area contributed by atoms with Gasteiger partial charge in [0.05, 0.1) is 0 Å². The van der Waals surface area contributed by atoms with Crippen LogP contribution in [-0.2, 0) is 0 Å². The number of halogens is 1. The summed E-state index contributed by atoms with van der Waals surface area (Å²) >= 11 is 6.15. The van der Waals surface area contributed by atoms with Crippen molar-refractivity contribution in [3.8, 4) is 11.4 Å². The van der Waals surface area contributed by atoms with Crippen molar-refractivity contribution in [2.24, 2.45) is 0 Å². The highest BCUT2D eigenvalue weighted by Crippen LogP contribution is 2.24. The Morgan fingerprint density at radius 1 is 1.10 bits per heavy atom. The largest absolute Gasteiger partial charge is 0.368 e. The van der Waals surface area contributed by atoms with E-state index >= 15 is 0 Å². The second kappa shape index (κ2) is 8.98. The molecule has 7 nitrogen and oxygen atoms in total. The third kappa shape index (κ3) is 4.82. The molecule has 0 saturated carbocycles. The second-order valence-corrected chi connectivity index (χ2v) is 8.43. The molecule has 1 saturated heterocycles. The number of piperazine rings is 1. The quantitative estimate of drug-likeness (QED) is 0.606. The number of hydrogen-bond donors (Lipinski definition) is 1. The van der Waals surface area contributed by atoms with Gasteiger partial charge in [-0.3, -0.25) is 0 Å². The van der Waals surface area contributed by atoms with E-state index in [9.17, 15) is 4.79 Å². The number of aromatic nitrogens is 2. The normalized spacial score (nSPS) is 14.2. The molecule has 31 heavy (non-hydrogen) atoms. The van der Waals surface area contributed by atoms with Gasteiger partial charge in [-0.1, -0.05) is 36.7 Å². The van der Waals surface area contributed by atoms with Gasteiger partial charge in [-0.15, -0.1) is 0 Å². The molecular formula is C23H26ClN5O2. The van der Waals surface area contributed by atoms with Crippen LogP contribution in [0.4, 0.5) is 16.2 Å². The average molecular weight is 440 g/mol.